The summed E-state index contributed by atoms with van der Waals surface area (Å²) < 4.78 is 31.7. The van der Waals surface area contributed by atoms with Gasteiger partial charge in [0.15, 0.2) is 0 Å². The number of carboxylic acids is 1. The second kappa shape index (κ2) is 39.5. The topological polar surface area (TPSA) is 181 Å². The Labute approximate surface area is 469 Å². The predicted octanol–water partition coefficient (Wildman–Crippen LogP) is 14.7. The summed E-state index contributed by atoms with van der Waals surface area (Å²) in [6.07, 6.45) is 0.0471. The molecule has 416 valence electrons. The van der Waals surface area contributed by atoms with Crippen molar-refractivity contribution in [1.82, 2.24) is 15.0 Å². The van der Waals surface area contributed by atoms with Crippen LogP contribution in [-0.4, -0.2) is 56.5 Å². The van der Waals surface area contributed by atoms with Crippen LogP contribution in [0.3, 0.4) is 0 Å². The molecule has 1 N–H and O–H groups in total. The zero-order valence-corrected chi connectivity index (χ0v) is 47.0. The molecule has 7 aromatic carbocycles. The average Bonchev–Trinajstić information content (AvgIpc) is 3.97. The highest BCUT2D eigenvalue weighted by Crippen LogP contribution is 2.21. The van der Waals surface area contributed by atoms with Gasteiger partial charge in [0, 0.05) is 18.9 Å². The third kappa shape index (κ3) is 23.5. The number of ether oxygens (including phenoxy) is 3. The number of rotatable bonds is 18. The van der Waals surface area contributed by atoms with Crippen molar-refractivity contribution in [3.8, 4) is 0 Å². The first kappa shape index (κ1) is 62.7. The van der Waals surface area contributed by atoms with Crippen LogP contribution in [-0.2, 0) is 61.4 Å². The van der Waals surface area contributed by atoms with Crippen LogP contribution in [0.15, 0.2) is 188 Å². The summed E-state index contributed by atoms with van der Waals surface area (Å²) in [7, 11) is 0. The molecule has 0 amide bonds. The molecule has 8 aromatic rings. The Kier molecular flexibility index (Phi) is 31.4. The van der Waals surface area contributed by atoms with Crippen LogP contribution in [0.4, 0.5) is 0 Å². The van der Waals surface area contributed by atoms with Gasteiger partial charge < -0.3 is 28.9 Å². The summed E-state index contributed by atoms with van der Waals surface area (Å²) in [5.74, 6) is -2.82. The summed E-state index contributed by atoms with van der Waals surface area (Å²) in [6.45, 7) is 19.2. The molecular weight excluding hydrogens is 995 g/mol. The molecular formula is C66H77N3O10. The van der Waals surface area contributed by atoms with Crippen LogP contribution >= 0.6 is 0 Å². The molecule has 0 radical (unpaired) electrons. The van der Waals surface area contributed by atoms with Gasteiger partial charge in [-0.25, -0.2) is 19.1 Å². The number of nitrogens with zero attached hydrogens (tertiary/aromatic N) is 3. The summed E-state index contributed by atoms with van der Waals surface area (Å²) in [6, 6.07) is 55.9. The molecule has 2 atom stereocenters. The van der Waals surface area contributed by atoms with E-state index in [1.54, 1.807) is 121 Å². The Morgan fingerprint density at radius 3 is 1.23 bits per heavy atom. The molecule has 0 aliphatic rings. The number of benzene rings is 7. The number of aliphatic carboxylic acids is 1. The predicted molar refractivity (Wildman–Crippen MR) is 313 cm³/mol. The maximum Gasteiger partial charge on any atom is 0.338 e. The summed E-state index contributed by atoms with van der Waals surface area (Å²) in [5.41, 5.74) is 8.50. The monoisotopic (exact) mass is 1080 g/mol. The zero-order valence-electron chi connectivity index (χ0n) is 49.0. The molecule has 0 fully saturated rings. The van der Waals surface area contributed by atoms with Gasteiger partial charge in [-0.3, -0.25) is 4.79 Å². The second-order valence-corrected chi connectivity index (χ2v) is 16.2. The molecule has 0 saturated heterocycles. The lowest BCUT2D eigenvalue weighted by molar-refractivity contribution is -0.138. The third-order valence-corrected chi connectivity index (χ3v) is 11.2. The van der Waals surface area contributed by atoms with Crippen molar-refractivity contribution < 1.29 is 50.8 Å². The van der Waals surface area contributed by atoms with Crippen molar-refractivity contribution in [2.24, 2.45) is 0 Å². The Morgan fingerprint density at radius 1 is 0.506 bits per heavy atom. The van der Waals surface area contributed by atoms with Crippen LogP contribution in [0.1, 0.15) is 154 Å². The van der Waals surface area contributed by atoms with Crippen molar-refractivity contribution >= 4 is 47.4 Å². The van der Waals surface area contributed by atoms with Crippen molar-refractivity contribution in [2.75, 3.05) is 0 Å². The average molecular weight is 1080 g/mol. The van der Waals surface area contributed by atoms with Crippen molar-refractivity contribution in [3.05, 3.63) is 238 Å². The first-order chi connectivity index (χ1) is 39.3. The molecule has 0 aliphatic carbocycles. The summed E-state index contributed by atoms with van der Waals surface area (Å²) in [4.78, 5) is 68.4. The van der Waals surface area contributed by atoms with Crippen molar-refractivity contribution in [1.29, 1.82) is 0 Å². The Morgan fingerprint density at radius 2 is 0.873 bits per heavy atom. The normalized spacial score (nSPS) is 10.8. The van der Waals surface area contributed by atoms with Crippen LogP contribution < -0.4 is 0 Å². The van der Waals surface area contributed by atoms with E-state index in [2.05, 4.69) is 17.2 Å². The SMILES string of the molecule is CC.CC.CC.CC[C@@H](C(=O)O)c1ccc(COC(=O)c2ccccc2)cc1.CCn1nnc2ccccc21.[3H]C(=O)Cc1ccc(COC(=O)c2ccccc2)cc1.[3H]C(=O)[C@H](CC)c1ccc(COC(=O)c2ccccc2)cc1. The largest absolute Gasteiger partial charge is 0.481 e. The highest BCUT2D eigenvalue weighted by Gasteiger charge is 2.17. The number of carboxylic acid groups (broad SMARTS) is 1. The van der Waals surface area contributed by atoms with Crippen molar-refractivity contribution in [3.63, 3.8) is 0 Å². The second-order valence-electron chi connectivity index (χ2n) is 16.2. The number of carbonyl (C=O) groups is 6. The Hall–Kier alpha value is -8.84. The minimum absolute atomic E-state index is 0.101. The maximum absolute atomic E-state index is 11.8. The molecule has 8 rings (SSSR count). The number of hydrogen-bond acceptors (Lipinski definition) is 11. The Bertz CT molecular complexity index is 2950. The molecule has 79 heavy (non-hydrogen) atoms. The molecule has 13 heteroatoms. The lowest BCUT2D eigenvalue weighted by Gasteiger charge is -2.11. The first-order valence-electron chi connectivity index (χ1n) is 27.7. The van der Waals surface area contributed by atoms with Crippen LogP contribution in [0.25, 0.3) is 11.0 Å². The molecule has 0 spiro atoms. The number of carbonyl (C=O) groups excluding carboxylic acids is 5. The summed E-state index contributed by atoms with van der Waals surface area (Å²) >= 11 is 0. The van der Waals surface area contributed by atoms with E-state index in [-0.39, 0.29) is 50.1 Å². The molecule has 1 heterocycles. The lowest BCUT2D eigenvalue weighted by atomic mass is 9.96. The lowest BCUT2D eigenvalue weighted by Crippen LogP contribution is -2.10. The Balaban J connectivity index is 0.000000364. The zero-order chi connectivity index (χ0) is 60.0. The molecule has 0 saturated carbocycles. The fraction of sp³-hybridized carbons (Fsp3) is 0.273. The fourth-order valence-electron chi connectivity index (χ4n) is 7.04. The molecule has 13 nitrogen and oxygen atoms in total. The number of aryl methyl sites for hydroxylation is 1. The van der Waals surface area contributed by atoms with E-state index < -0.39 is 24.4 Å². The number of aldehydes is 2. The molecule has 0 bridgehead atoms. The van der Waals surface area contributed by atoms with Gasteiger partial charge in [-0.2, -0.15) is 0 Å². The van der Waals surface area contributed by atoms with Gasteiger partial charge in [0.2, 0.25) is 0 Å². The molecule has 1 aromatic heterocycles. The third-order valence-electron chi connectivity index (χ3n) is 11.2. The van der Waals surface area contributed by atoms with E-state index in [1.807, 2.05) is 127 Å². The number of hydrogen-bond donors (Lipinski definition) is 1. The molecule has 0 aliphatic heterocycles. The van der Waals surface area contributed by atoms with Gasteiger partial charge in [-0.1, -0.05) is 200 Å². The van der Waals surface area contributed by atoms with Gasteiger partial charge in [0.1, 0.15) is 40.6 Å². The highest BCUT2D eigenvalue weighted by atomic mass is 16.5. The van der Waals surface area contributed by atoms with E-state index in [0.717, 1.165) is 51.0 Å². The van der Waals surface area contributed by atoms with Gasteiger partial charge >= 0.3 is 23.9 Å². The van der Waals surface area contributed by atoms with Gasteiger partial charge in [-0.05, 0) is 102 Å². The van der Waals surface area contributed by atoms with Gasteiger partial charge in [0.25, 0.3) is 0 Å². The van der Waals surface area contributed by atoms with Crippen molar-refractivity contribution in [2.45, 2.75) is 120 Å². The maximum atomic E-state index is 11.8. The first-order valence-corrected chi connectivity index (χ1v) is 26.7. The van der Waals surface area contributed by atoms with E-state index >= 15 is 0 Å². The van der Waals surface area contributed by atoms with Crippen LogP contribution in [0.2, 0.25) is 0 Å². The standard InChI is InChI=1S/C18H18O4.C18H18O3.C16H14O3.C8H9N3.3C2H6/c1-2-16(17(19)20)14-10-8-13(9-11-14)12-22-18(21)15-6-4-3-5-7-15;1-2-15(12-19)16-10-8-14(9-11-16)13-21-18(20)17-6-4-3-5-7-17;17-11-10-13-6-8-14(9-7-13)12-19-16(18)15-4-2-1-3-5-15;1-2-11-8-6-4-3-5-7(8)9-10-11;3*1-2/h3-11,16H,2,12H2,1H3,(H,19,20);3-12,15H,2,13H2,1H3;1-9,11H,10,12H2;3-6H,2H2,1H3;3*1-2H3/t16-;15-;;;;;/m10...../s1/i;12T;11T;;;;. The number of para-hydroxylation sites is 1. The van der Waals surface area contributed by atoms with E-state index in [1.165, 1.54) is 0 Å². The fourth-order valence-corrected chi connectivity index (χ4v) is 7.04. The molecule has 0 unspecified atom stereocenters. The smallest absolute Gasteiger partial charge is 0.338 e. The minimum Gasteiger partial charge on any atom is -0.481 e. The van der Waals surface area contributed by atoms with E-state index in [0.29, 0.717) is 29.5 Å². The highest BCUT2D eigenvalue weighted by molar-refractivity contribution is 5.90. The van der Waals surface area contributed by atoms with Gasteiger partial charge in [0.05, 0.1) is 28.1 Å². The van der Waals surface area contributed by atoms with E-state index in [9.17, 15) is 28.8 Å². The summed E-state index contributed by atoms with van der Waals surface area (Å²) in [5, 5.41) is 17.1. The minimum atomic E-state index is -0.828. The number of fused-ring (bicyclic) bond motifs is 1. The van der Waals surface area contributed by atoms with E-state index in [4.69, 9.17) is 22.1 Å². The number of esters is 3. The number of aromatic nitrogens is 3. The quantitative estimate of drug-likeness (QED) is 0.0488. The van der Waals surface area contributed by atoms with Crippen LogP contribution in [0, 0.1) is 0 Å². The van der Waals surface area contributed by atoms with Gasteiger partial charge in [-0.15, -0.1) is 5.10 Å². The van der Waals surface area contributed by atoms with Crippen LogP contribution in [0.5, 0.6) is 0 Å².